The van der Waals surface area contributed by atoms with Crippen LogP contribution >= 0.6 is 0 Å². The van der Waals surface area contributed by atoms with Crippen LogP contribution < -0.4 is 11.1 Å². The third-order valence-electron chi connectivity index (χ3n) is 1.19. The van der Waals surface area contributed by atoms with Crippen LogP contribution in [-0.4, -0.2) is 21.0 Å². The number of rotatable bonds is 1. The molecule has 0 unspecified atom stereocenters. The number of nitrogens with two attached hydrogens (primary N) is 1. The molecule has 1 aromatic rings. The molecule has 0 saturated carbocycles. The van der Waals surface area contributed by atoms with Gasteiger partial charge < -0.3 is 10.8 Å². The molecule has 1 amide bonds. The molecule has 4 N–H and O–H groups in total. The summed E-state index contributed by atoms with van der Waals surface area (Å²) in [7, 11) is 1.60. The van der Waals surface area contributed by atoms with Crippen molar-refractivity contribution in [2.45, 2.75) is 0 Å². The number of nitrogen functional groups attached to an aromatic ring is 1. The maximum absolute atomic E-state index is 10.2. The predicted molar refractivity (Wildman–Crippen MR) is 39.3 cm³/mol. The number of nitrogens with zero attached hydrogens (tertiary/aromatic N) is 2. The van der Waals surface area contributed by atoms with Crippen molar-refractivity contribution in [3.05, 3.63) is 6.20 Å². The van der Waals surface area contributed by atoms with E-state index in [0.717, 1.165) is 0 Å². The third-order valence-corrected chi connectivity index (χ3v) is 1.19. The molecule has 0 spiro atoms. The minimum absolute atomic E-state index is 0.289. The van der Waals surface area contributed by atoms with Crippen LogP contribution in [0.2, 0.25) is 0 Å². The smallest absolute Gasteiger partial charge is 0.410 e. The zero-order valence-electron chi connectivity index (χ0n) is 5.90. The van der Waals surface area contributed by atoms with E-state index in [-0.39, 0.29) is 5.82 Å². The summed E-state index contributed by atoms with van der Waals surface area (Å²) < 4.78 is 1.35. The van der Waals surface area contributed by atoms with Gasteiger partial charge in [0.05, 0.1) is 11.9 Å². The van der Waals surface area contributed by atoms with Gasteiger partial charge in [-0.05, 0) is 0 Å². The molecule has 0 aliphatic rings. The summed E-state index contributed by atoms with van der Waals surface area (Å²) in [5.41, 5.74) is 5.70. The summed E-state index contributed by atoms with van der Waals surface area (Å²) in [4.78, 5) is 10.2. The number of carboxylic acid groups (broad SMARTS) is 1. The van der Waals surface area contributed by atoms with Gasteiger partial charge in [-0.25, -0.2) is 4.79 Å². The second-order valence-electron chi connectivity index (χ2n) is 2.00. The standard InChI is InChI=1S/C5H8N4O2/c1-9-4(8-5(10)11)3(6)2-7-9/h2,8H,6H2,1H3,(H,10,11). The molecule has 0 aliphatic heterocycles. The molecule has 60 valence electrons. The molecular weight excluding hydrogens is 148 g/mol. The van der Waals surface area contributed by atoms with E-state index >= 15 is 0 Å². The van der Waals surface area contributed by atoms with E-state index in [9.17, 15) is 4.79 Å². The quantitative estimate of drug-likeness (QED) is 0.537. The van der Waals surface area contributed by atoms with E-state index in [1.54, 1.807) is 7.05 Å². The van der Waals surface area contributed by atoms with Crippen molar-refractivity contribution >= 4 is 17.6 Å². The summed E-state index contributed by atoms with van der Waals surface area (Å²) in [5, 5.41) is 14.2. The number of hydrogen-bond donors (Lipinski definition) is 3. The maximum atomic E-state index is 10.2. The number of carbonyl (C=O) groups is 1. The van der Waals surface area contributed by atoms with Crippen molar-refractivity contribution < 1.29 is 9.90 Å². The van der Waals surface area contributed by atoms with Gasteiger partial charge in [0.1, 0.15) is 0 Å². The average Bonchev–Trinajstić information content (AvgIpc) is 2.18. The molecule has 1 aromatic heterocycles. The van der Waals surface area contributed by atoms with Crippen molar-refractivity contribution in [1.29, 1.82) is 0 Å². The minimum atomic E-state index is -1.15. The fourth-order valence-electron chi connectivity index (χ4n) is 0.709. The molecule has 0 radical (unpaired) electrons. The molecular formula is C5H8N4O2. The first kappa shape index (κ1) is 7.39. The molecule has 0 fully saturated rings. The Balaban J connectivity index is 2.92. The number of aryl methyl sites for hydroxylation is 1. The average molecular weight is 156 g/mol. The van der Waals surface area contributed by atoms with E-state index in [0.29, 0.717) is 5.69 Å². The number of anilines is 2. The van der Waals surface area contributed by atoms with Crippen molar-refractivity contribution in [3.63, 3.8) is 0 Å². The van der Waals surface area contributed by atoms with Crippen LogP contribution in [0.25, 0.3) is 0 Å². The minimum Gasteiger partial charge on any atom is -0.465 e. The van der Waals surface area contributed by atoms with Gasteiger partial charge in [0.2, 0.25) is 0 Å². The Bertz CT molecular complexity index is 261. The zero-order valence-corrected chi connectivity index (χ0v) is 5.90. The second-order valence-corrected chi connectivity index (χ2v) is 2.00. The number of aromatic nitrogens is 2. The molecule has 11 heavy (non-hydrogen) atoms. The summed E-state index contributed by atoms with van der Waals surface area (Å²) in [6, 6.07) is 0. The number of hydrogen-bond acceptors (Lipinski definition) is 3. The summed E-state index contributed by atoms with van der Waals surface area (Å²) in [5.74, 6) is 0.289. The van der Waals surface area contributed by atoms with Gasteiger partial charge in [0.25, 0.3) is 0 Å². The van der Waals surface area contributed by atoms with E-state index in [1.165, 1.54) is 10.9 Å². The largest absolute Gasteiger partial charge is 0.465 e. The Morgan fingerprint density at radius 3 is 2.91 bits per heavy atom. The van der Waals surface area contributed by atoms with Gasteiger partial charge in [0.15, 0.2) is 5.82 Å². The summed E-state index contributed by atoms with van der Waals surface area (Å²) in [6.45, 7) is 0. The SMILES string of the molecule is Cn1ncc(N)c1NC(=O)O. The van der Waals surface area contributed by atoms with Crippen LogP contribution in [0, 0.1) is 0 Å². The van der Waals surface area contributed by atoms with E-state index < -0.39 is 6.09 Å². The van der Waals surface area contributed by atoms with Gasteiger partial charge in [-0.15, -0.1) is 0 Å². The molecule has 0 atom stereocenters. The molecule has 0 aromatic carbocycles. The first-order chi connectivity index (χ1) is 5.11. The van der Waals surface area contributed by atoms with Crippen LogP contribution in [0.1, 0.15) is 0 Å². The lowest BCUT2D eigenvalue weighted by atomic mass is 10.5. The highest BCUT2D eigenvalue weighted by atomic mass is 16.4. The van der Waals surface area contributed by atoms with Crippen LogP contribution in [0.5, 0.6) is 0 Å². The van der Waals surface area contributed by atoms with Crippen molar-refractivity contribution in [2.75, 3.05) is 11.1 Å². The molecule has 1 heterocycles. The fraction of sp³-hybridized carbons (Fsp3) is 0.200. The van der Waals surface area contributed by atoms with Gasteiger partial charge in [-0.3, -0.25) is 10.00 Å². The fourth-order valence-corrected chi connectivity index (χ4v) is 0.709. The highest BCUT2D eigenvalue weighted by Gasteiger charge is 2.06. The Morgan fingerprint density at radius 2 is 2.55 bits per heavy atom. The van der Waals surface area contributed by atoms with Gasteiger partial charge in [-0.2, -0.15) is 5.10 Å². The molecule has 0 saturated heterocycles. The van der Waals surface area contributed by atoms with Crippen LogP contribution in [0.15, 0.2) is 6.20 Å². The van der Waals surface area contributed by atoms with E-state index in [4.69, 9.17) is 10.8 Å². The van der Waals surface area contributed by atoms with Gasteiger partial charge in [0, 0.05) is 7.05 Å². The summed E-state index contributed by atoms with van der Waals surface area (Å²) >= 11 is 0. The normalized spacial score (nSPS) is 9.55. The number of nitrogens with one attached hydrogen (secondary N) is 1. The topological polar surface area (TPSA) is 93.2 Å². The third kappa shape index (κ3) is 1.40. The van der Waals surface area contributed by atoms with Crippen LogP contribution in [-0.2, 0) is 7.05 Å². The zero-order chi connectivity index (χ0) is 8.43. The Kier molecular flexibility index (Phi) is 1.67. The lowest BCUT2D eigenvalue weighted by Gasteiger charge is -2.00. The lowest BCUT2D eigenvalue weighted by Crippen LogP contribution is -2.12. The number of amides is 1. The molecule has 6 nitrogen and oxygen atoms in total. The Hall–Kier alpha value is -1.72. The van der Waals surface area contributed by atoms with E-state index in [2.05, 4.69) is 10.4 Å². The monoisotopic (exact) mass is 156 g/mol. The van der Waals surface area contributed by atoms with E-state index in [1.807, 2.05) is 0 Å². The molecule has 1 rings (SSSR count). The lowest BCUT2D eigenvalue weighted by molar-refractivity contribution is 0.209. The maximum Gasteiger partial charge on any atom is 0.410 e. The van der Waals surface area contributed by atoms with Gasteiger partial charge >= 0.3 is 6.09 Å². The first-order valence-electron chi connectivity index (χ1n) is 2.88. The molecule has 0 bridgehead atoms. The molecule has 0 aliphatic carbocycles. The second kappa shape index (κ2) is 2.49. The Morgan fingerprint density at radius 1 is 1.91 bits per heavy atom. The Labute approximate surface area is 62.6 Å². The van der Waals surface area contributed by atoms with Crippen molar-refractivity contribution in [1.82, 2.24) is 9.78 Å². The molecule has 6 heteroatoms. The van der Waals surface area contributed by atoms with Crippen molar-refractivity contribution in [2.24, 2.45) is 7.05 Å². The van der Waals surface area contributed by atoms with Crippen molar-refractivity contribution in [3.8, 4) is 0 Å². The van der Waals surface area contributed by atoms with Crippen LogP contribution in [0.3, 0.4) is 0 Å². The highest BCUT2D eigenvalue weighted by Crippen LogP contribution is 2.14. The first-order valence-corrected chi connectivity index (χ1v) is 2.88. The summed E-state index contributed by atoms with van der Waals surface area (Å²) in [6.07, 6.45) is 0.228. The van der Waals surface area contributed by atoms with Crippen LogP contribution in [0.4, 0.5) is 16.3 Å². The van der Waals surface area contributed by atoms with Gasteiger partial charge in [-0.1, -0.05) is 0 Å². The predicted octanol–water partition coefficient (Wildman–Crippen LogP) is 0.0922. The highest BCUT2D eigenvalue weighted by molar-refractivity contribution is 5.85.